The zero-order valence-corrected chi connectivity index (χ0v) is 15.0. The van der Waals surface area contributed by atoms with Gasteiger partial charge in [-0.2, -0.15) is 0 Å². The van der Waals surface area contributed by atoms with Crippen LogP contribution in [0.3, 0.4) is 0 Å². The van der Waals surface area contributed by atoms with Crippen molar-refractivity contribution in [2.24, 2.45) is 5.92 Å². The number of esters is 1. The number of carbonyl (C=O) groups is 1. The fourth-order valence-corrected chi connectivity index (χ4v) is 2.66. The highest BCUT2D eigenvalue weighted by Crippen LogP contribution is 2.40. The second-order valence-corrected chi connectivity index (χ2v) is 8.37. The number of allylic oxidation sites excluding steroid dienone is 2. The summed E-state index contributed by atoms with van der Waals surface area (Å²) in [5, 5.41) is 0. The molecule has 1 atom stereocenters. The third-order valence-corrected chi connectivity index (χ3v) is 4.74. The van der Waals surface area contributed by atoms with Crippen molar-refractivity contribution >= 4 is 13.1 Å². The molecule has 1 saturated heterocycles. The zero-order valence-electron chi connectivity index (χ0n) is 15.0. The Labute approximate surface area is 134 Å². The minimum absolute atomic E-state index is 0.0506. The SMILES string of the molecule is CC(C)(C)OC(=O)[C@@H]1CC=C(B2OC(C)(C)C(C)(C)O2)CC1. The maximum atomic E-state index is 12.1. The lowest BCUT2D eigenvalue weighted by molar-refractivity contribution is -0.160. The van der Waals surface area contributed by atoms with E-state index in [2.05, 4.69) is 33.8 Å². The molecule has 2 aliphatic rings. The minimum atomic E-state index is -0.424. The third-order valence-electron chi connectivity index (χ3n) is 4.74. The molecule has 0 amide bonds. The smallest absolute Gasteiger partial charge is 0.460 e. The fraction of sp³-hybridized carbons (Fsp3) is 0.824. The Morgan fingerprint density at radius 2 is 1.77 bits per heavy atom. The number of ether oxygens (including phenoxy) is 1. The summed E-state index contributed by atoms with van der Waals surface area (Å²) in [4.78, 5) is 12.1. The summed E-state index contributed by atoms with van der Waals surface area (Å²) in [5.74, 6) is -0.151. The molecule has 5 heteroatoms. The van der Waals surface area contributed by atoms with Crippen LogP contribution in [0, 0.1) is 5.92 Å². The van der Waals surface area contributed by atoms with Crippen molar-refractivity contribution in [1.29, 1.82) is 0 Å². The highest BCUT2D eigenvalue weighted by molar-refractivity contribution is 6.54. The fourth-order valence-electron chi connectivity index (χ4n) is 2.66. The van der Waals surface area contributed by atoms with Gasteiger partial charge in [-0.05, 0) is 73.2 Å². The topological polar surface area (TPSA) is 44.8 Å². The molecular weight excluding hydrogens is 279 g/mol. The molecular formula is C17H29BO4. The van der Waals surface area contributed by atoms with Crippen LogP contribution in [0.15, 0.2) is 11.5 Å². The van der Waals surface area contributed by atoms with Crippen LogP contribution >= 0.6 is 0 Å². The molecule has 0 saturated carbocycles. The molecule has 2 rings (SSSR count). The summed E-state index contributed by atoms with van der Waals surface area (Å²) in [6.45, 7) is 13.9. The van der Waals surface area contributed by atoms with Crippen molar-refractivity contribution in [3.05, 3.63) is 11.5 Å². The first-order valence-corrected chi connectivity index (χ1v) is 8.19. The molecule has 0 spiro atoms. The van der Waals surface area contributed by atoms with E-state index in [0.29, 0.717) is 6.42 Å². The summed E-state index contributed by atoms with van der Waals surface area (Å²) in [7, 11) is -0.287. The van der Waals surface area contributed by atoms with Crippen molar-refractivity contribution in [3.63, 3.8) is 0 Å². The van der Waals surface area contributed by atoms with Gasteiger partial charge >= 0.3 is 13.1 Å². The number of hydrogen-bond donors (Lipinski definition) is 0. The Morgan fingerprint density at radius 3 is 2.18 bits per heavy atom. The van der Waals surface area contributed by atoms with Crippen molar-refractivity contribution in [2.45, 2.75) is 84.5 Å². The molecule has 0 aromatic heterocycles. The van der Waals surface area contributed by atoms with E-state index >= 15 is 0 Å². The summed E-state index contributed by atoms with van der Waals surface area (Å²) >= 11 is 0. The van der Waals surface area contributed by atoms with Gasteiger partial charge in [-0.3, -0.25) is 4.79 Å². The van der Waals surface area contributed by atoms with Crippen LogP contribution in [0.5, 0.6) is 0 Å². The predicted octanol–water partition coefficient (Wildman–Crippen LogP) is 3.69. The van der Waals surface area contributed by atoms with Crippen LogP contribution in [0.1, 0.15) is 67.7 Å². The molecule has 0 aromatic carbocycles. The normalized spacial score (nSPS) is 27.5. The van der Waals surface area contributed by atoms with Crippen LogP contribution in [0.4, 0.5) is 0 Å². The van der Waals surface area contributed by atoms with Crippen molar-refractivity contribution < 1.29 is 18.8 Å². The van der Waals surface area contributed by atoms with E-state index in [9.17, 15) is 4.79 Å². The summed E-state index contributed by atoms with van der Waals surface area (Å²) < 4.78 is 17.6. The van der Waals surface area contributed by atoms with E-state index < -0.39 is 5.60 Å². The first-order valence-electron chi connectivity index (χ1n) is 8.19. The van der Waals surface area contributed by atoms with Crippen LogP contribution in [-0.4, -0.2) is 29.9 Å². The monoisotopic (exact) mass is 308 g/mol. The van der Waals surface area contributed by atoms with Crippen molar-refractivity contribution in [2.75, 3.05) is 0 Å². The zero-order chi connectivity index (χ0) is 16.8. The van der Waals surface area contributed by atoms with Gasteiger partial charge in [0.1, 0.15) is 5.60 Å². The Bertz CT molecular complexity index is 458. The van der Waals surface area contributed by atoms with Gasteiger partial charge in [-0.25, -0.2) is 0 Å². The summed E-state index contributed by atoms with van der Waals surface area (Å²) in [6, 6.07) is 0. The van der Waals surface area contributed by atoms with Gasteiger partial charge in [0.15, 0.2) is 0 Å². The first-order chi connectivity index (χ1) is 9.91. The second-order valence-electron chi connectivity index (χ2n) is 8.37. The van der Waals surface area contributed by atoms with Crippen LogP contribution in [0.2, 0.25) is 0 Å². The molecule has 124 valence electrons. The molecule has 1 fully saturated rings. The van der Waals surface area contributed by atoms with E-state index in [-0.39, 0.29) is 30.2 Å². The quantitative estimate of drug-likeness (QED) is 0.576. The largest absolute Gasteiger partial charge is 0.490 e. The lowest BCUT2D eigenvalue weighted by Crippen LogP contribution is -2.41. The van der Waals surface area contributed by atoms with Gasteiger partial charge in [-0.1, -0.05) is 6.08 Å². The van der Waals surface area contributed by atoms with Crippen LogP contribution in [0.25, 0.3) is 0 Å². The van der Waals surface area contributed by atoms with Gasteiger partial charge in [-0.15, -0.1) is 0 Å². The highest BCUT2D eigenvalue weighted by Gasteiger charge is 2.52. The maximum Gasteiger partial charge on any atom is 0.490 e. The maximum absolute atomic E-state index is 12.1. The Kier molecular flexibility index (Phi) is 4.53. The lowest BCUT2D eigenvalue weighted by Gasteiger charge is -2.32. The second kappa shape index (κ2) is 5.68. The Balaban J connectivity index is 1.97. The predicted molar refractivity (Wildman–Crippen MR) is 87.4 cm³/mol. The molecule has 0 bridgehead atoms. The summed E-state index contributed by atoms with van der Waals surface area (Å²) in [6.07, 6.45) is 4.42. The average Bonchev–Trinajstić information content (AvgIpc) is 2.56. The van der Waals surface area contributed by atoms with Crippen molar-refractivity contribution in [1.82, 2.24) is 0 Å². The van der Waals surface area contributed by atoms with Gasteiger partial charge in [0, 0.05) is 0 Å². The van der Waals surface area contributed by atoms with E-state index in [1.807, 2.05) is 20.8 Å². The van der Waals surface area contributed by atoms with E-state index in [1.165, 1.54) is 0 Å². The van der Waals surface area contributed by atoms with Gasteiger partial charge in [0.25, 0.3) is 0 Å². The molecule has 0 N–H and O–H groups in total. The number of rotatable bonds is 2. The van der Waals surface area contributed by atoms with Gasteiger partial charge in [0.2, 0.25) is 0 Å². The summed E-state index contributed by atoms with van der Waals surface area (Å²) in [5.41, 5.74) is 0.0897. The van der Waals surface area contributed by atoms with Crippen LogP contribution < -0.4 is 0 Å². The molecule has 1 aliphatic carbocycles. The van der Waals surface area contributed by atoms with Gasteiger partial charge in [0.05, 0.1) is 17.1 Å². The highest BCUT2D eigenvalue weighted by atomic mass is 16.7. The van der Waals surface area contributed by atoms with Crippen molar-refractivity contribution in [3.8, 4) is 0 Å². The lowest BCUT2D eigenvalue weighted by atomic mass is 9.70. The molecule has 0 radical (unpaired) electrons. The number of carbonyl (C=O) groups excluding carboxylic acids is 1. The minimum Gasteiger partial charge on any atom is -0.460 e. The standard InChI is InChI=1S/C17H29BO4/c1-15(2,3)20-14(19)12-8-10-13(11-9-12)18-21-16(4,5)17(6,7)22-18/h10,12H,8-9,11H2,1-7H3/t12-/m1/s1. The average molecular weight is 308 g/mol. The first kappa shape index (κ1) is 17.5. The number of hydrogen-bond acceptors (Lipinski definition) is 4. The molecule has 4 nitrogen and oxygen atoms in total. The van der Waals surface area contributed by atoms with E-state index in [4.69, 9.17) is 14.0 Å². The van der Waals surface area contributed by atoms with E-state index in [1.54, 1.807) is 0 Å². The Morgan fingerprint density at radius 1 is 1.23 bits per heavy atom. The molecule has 1 aliphatic heterocycles. The van der Waals surface area contributed by atoms with Crippen LogP contribution in [-0.2, 0) is 18.8 Å². The molecule has 0 unspecified atom stereocenters. The molecule has 22 heavy (non-hydrogen) atoms. The van der Waals surface area contributed by atoms with Gasteiger partial charge < -0.3 is 14.0 Å². The van der Waals surface area contributed by atoms with E-state index in [0.717, 1.165) is 18.3 Å². The third kappa shape index (κ3) is 3.74. The molecule has 0 aromatic rings. The molecule has 1 heterocycles. The Hall–Kier alpha value is -0.805.